The van der Waals surface area contributed by atoms with Crippen molar-refractivity contribution in [1.82, 2.24) is 5.32 Å². The fraction of sp³-hybridized carbons (Fsp3) is 0.385. The molecule has 0 bridgehead atoms. The molecule has 0 saturated carbocycles. The molecule has 0 aliphatic heterocycles. The molecule has 1 aromatic rings. The summed E-state index contributed by atoms with van der Waals surface area (Å²) in [6, 6.07) is 6.53. The number of nitrogens with two attached hydrogens (primary N) is 1. The maximum Gasteiger partial charge on any atom is 0.216 e. The maximum absolute atomic E-state index is 10.7. The van der Waals surface area contributed by atoms with Crippen LogP contribution in [0.4, 0.5) is 0 Å². The Morgan fingerprint density at radius 1 is 1.47 bits per heavy atom. The van der Waals surface area contributed by atoms with Crippen molar-refractivity contribution in [3.05, 3.63) is 35.4 Å². The fourth-order valence-corrected chi connectivity index (χ4v) is 1.67. The van der Waals surface area contributed by atoms with Crippen molar-refractivity contribution in [2.24, 2.45) is 5.73 Å². The lowest BCUT2D eigenvalue weighted by Gasteiger charge is -2.18. The predicted molar refractivity (Wildman–Crippen MR) is 71.7 cm³/mol. The van der Waals surface area contributed by atoms with Gasteiger partial charge in [0.05, 0.1) is 6.10 Å². The summed E-state index contributed by atoms with van der Waals surface area (Å²) in [5.41, 5.74) is 6.34. The van der Waals surface area contributed by atoms with E-state index >= 15 is 0 Å². The highest BCUT2D eigenvalue weighted by atomic mass is 16.3. The van der Waals surface area contributed by atoms with E-state index in [9.17, 15) is 15.0 Å². The lowest BCUT2D eigenvalue weighted by molar-refractivity contribution is -0.119. The number of carbonyl (C=O) groups excluding carboxylic acids is 1. The second-order valence-corrected chi connectivity index (χ2v) is 4.32. The van der Waals surface area contributed by atoms with E-state index in [0.717, 1.165) is 0 Å². The van der Waals surface area contributed by atoms with Crippen LogP contribution in [0.3, 0.4) is 0 Å². The van der Waals surface area contributed by atoms with Crippen molar-refractivity contribution in [3.8, 4) is 0 Å². The number of nitrogens with one attached hydrogen (secondary N) is 2. The average Bonchev–Trinajstić information content (AvgIpc) is 2.37. The Kier molecular flexibility index (Phi) is 5.47. The van der Waals surface area contributed by atoms with Crippen LogP contribution < -0.4 is 11.1 Å². The van der Waals surface area contributed by atoms with E-state index in [-0.39, 0.29) is 18.2 Å². The molecule has 0 aliphatic carbocycles. The first-order chi connectivity index (χ1) is 8.91. The molecule has 1 aromatic carbocycles. The van der Waals surface area contributed by atoms with Gasteiger partial charge in [0.1, 0.15) is 11.9 Å². The molecule has 2 atom stereocenters. The van der Waals surface area contributed by atoms with Crippen LogP contribution in [-0.4, -0.2) is 34.6 Å². The molecule has 0 spiro atoms. The van der Waals surface area contributed by atoms with E-state index in [0.29, 0.717) is 17.7 Å². The van der Waals surface area contributed by atoms with Crippen molar-refractivity contribution in [3.63, 3.8) is 0 Å². The molecule has 0 radical (unpaired) electrons. The van der Waals surface area contributed by atoms with Crippen molar-refractivity contribution in [2.45, 2.75) is 25.6 Å². The molecule has 0 heterocycles. The van der Waals surface area contributed by atoms with Gasteiger partial charge in [-0.2, -0.15) is 0 Å². The minimum Gasteiger partial charge on any atom is -0.390 e. The fourth-order valence-electron chi connectivity index (χ4n) is 1.67. The molecular formula is C13H19N3O3. The summed E-state index contributed by atoms with van der Waals surface area (Å²) in [7, 11) is 0. The van der Waals surface area contributed by atoms with Crippen LogP contribution in [0.1, 0.15) is 30.6 Å². The van der Waals surface area contributed by atoms with Crippen LogP contribution in [0, 0.1) is 5.41 Å². The molecule has 6 nitrogen and oxygen atoms in total. The lowest BCUT2D eigenvalue weighted by atomic mass is 10.00. The number of hydrogen-bond donors (Lipinski definition) is 5. The Morgan fingerprint density at radius 3 is 2.74 bits per heavy atom. The average molecular weight is 265 g/mol. The zero-order valence-electron chi connectivity index (χ0n) is 10.8. The number of nitrogen functional groups attached to an aromatic ring is 1. The number of aliphatic hydroxyl groups is 2. The SMILES string of the molecule is CC(=O)NCCC(O)C(O)c1cccc(C(=N)N)c1. The van der Waals surface area contributed by atoms with Gasteiger partial charge in [-0.05, 0) is 18.1 Å². The van der Waals surface area contributed by atoms with E-state index in [2.05, 4.69) is 5.32 Å². The van der Waals surface area contributed by atoms with Gasteiger partial charge in [0, 0.05) is 19.0 Å². The molecule has 1 amide bonds. The van der Waals surface area contributed by atoms with Gasteiger partial charge in [-0.3, -0.25) is 10.2 Å². The standard InChI is InChI=1S/C13H19N3O3/c1-8(17)16-6-5-11(18)12(19)9-3-2-4-10(7-9)13(14)15/h2-4,7,11-12,18-19H,5-6H2,1H3,(H3,14,15)(H,16,17). The molecule has 0 saturated heterocycles. The summed E-state index contributed by atoms with van der Waals surface area (Å²) in [6.07, 6.45) is -1.83. The minimum absolute atomic E-state index is 0.0956. The van der Waals surface area contributed by atoms with E-state index in [1.54, 1.807) is 24.3 Å². The first kappa shape index (κ1) is 15.1. The van der Waals surface area contributed by atoms with Crippen molar-refractivity contribution in [2.75, 3.05) is 6.54 Å². The molecule has 0 fully saturated rings. The molecule has 2 unspecified atom stereocenters. The van der Waals surface area contributed by atoms with Gasteiger partial charge in [-0.15, -0.1) is 0 Å². The topological polar surface area (TPSA) is 119 Å². The molecule has 6 N–H and O–H groups in total. The van der Waals surface area contributed by atoms with Gasteiger partial charge >= 0.3 is 0 Å². The number of amides is 1. The van der Waals surface area contributed by atoms with E-state index in [1.165, 1.54) is 6.92 Å². The van der Waals surface area contributed by atoms with Crippen molar-refractivity contribution in [1.29, 1.82) is 5.41 Å². The zero-order chi connectivity index (χ0) is 14.4. The second-order valence-electron chi connectivity index (χ2n) is 4.32. The minimum atomic E-state index is -1.08. The second kappa shape index (κ2) is 6.86. The van der Waals surface area contributed by atoms with Crippen molar-refractivity contribution < 1.29 is 15.0 Å². The number of amidine groups is 1. The molecule has 104 valence electrons. The number of carbonyl (C=O) groups is 1. The Hall–Kier alpha value is -1.92. The largest absolute Gasteiger partial charge is 0.390 e. The normalized spacial score (nSPS) is 13.6. The third-order valence-electron chi connectivity index (χ3n) is 2.72. The molecule has 6 heteroatoms. The number of rotatable bonds is 6. The van der Waals surface area contributed by atoms with Gasteiger partial charge in [-0.1, -0.05) is 18.2 Å². The smallest absolute Gasteiger partial charge is 0.216 e. The summed E-state index contributed by atoms with van der Waals surface area (Å²) >= 11 is 0. The van der Waals surface area contributed by atoms with Crippen LogP contribution >= 0.6 is 0 Å². The van der Waals surface area contributed by atoms with Gasteiger partial charge < -0.3 is 21.3 Å². The Morgan fingerprint density at radius 2 is 2.16 bits per heavy atom. The highest BCUT2D eigenvalue weighted by Crippen LogP contribution is 2.19. The molecule has 0 aliphatic rings. The summed E-state index contributed by atoms with van der Waals surface area (Å²) in [5, 5.41) is 29.7. The zero-order valence-corrected chi connectivity index (χ0v) is 10.8. The van der Waals surface area contributed by atoms with Gasteiger partial charge in [0.2, 0.25) is 5.91 Å². The summed E-state index contributed by atoms with van der Waals surface area (Å²) < 4.78 is 0. The van der Waals surface area contributed by atoms with Gasteiger partial charge in [0.15, 0.2) is 0 Å². The van der Waals surface area contributed by atoms with Crippen LogP contribution in [0.15, 0.2) is 24.3 Å². The highest BCUT2D eigenvalue weighted by Gasteiger charge is 2.18. The Balaban J connectivity index is 2.65. The summed E-state index contributed by atoms with van der Waals surface area (Å²) in [4.78, 5) is 10.7. The molecule has 0 aromatic heterocycles. The lowest BCUT2D eigenvalue weighted by Crippen LogP contribution is -2.27. The van der Waals surface area contributed by atoms with E-state index < -0.39 is 12.2 Å². The molecule has 19 heavy (non-hydrogen) atoms. The van der Waals surface area contributed by atoms with Crippen LogP contribution in [0.2, 0.25) is 0 Å². The van der Waals surface area contributed by atoms with Crippen LogP contribution in [0.25, 0.3) is 0 Å². The molecular weight excluding hydrogens is 246 g/mol. The Labute approximate surface area is 111 Å². The quantitative estimate of drug-likeness (QED) is 0.364. The number of benzene rings is 1. The van der Waals surface area contributed by atoms with Crippen LogP contribution in [0.5, 0.6) is 0 Å². The molecule has 1 rings (SSSR count). The summed E-state index contributed by atoms with van der Waals surface area (Å²) in [6.45, 7) is 1.68. The monoisotopic (exact) mass is 265 g/mol. The predicted octanol–water partition coefficient (Wildman–Crippen LogP) is -0.109. The van der Waals surface area contributed by atoms with Crippen molar-refractivity contribution >= 4 is 11.7 Å². The van der Waals surface area contributed by atoms with Gasteiger partial charge in [-0.25, -0.2) is 0 Å². The third kappa shape index (κ3) is 4.69. The first-order valence-corrected chi connectivity index (χ1v) is 5.96. The van der Waals surface area contributed by atoms with Crippen LogP contribution in [-0.2, 0) is 4.79 Å². The highest BCUT2D eigenvalue weighted by molar-refractivity contribution is 5.95. The Bertz CT molecular complexity index is 462. The third-order valence-corrected chi connectivity index (χ3v) is 2.72. The van der Waals surface area contributed by atoms with E-state index in [4.69, 9.17) is 11.1 Å². The maximum atomic E-state index is 10.7. The summed E-state index contributed by atoms with van der Waals surface area (Å²) in [5.74, 6) is -0.276. The first-order valence-electron chi connectivity index (χ1n) is 5.96. The van der Waals surface area contributed by atoms with Gasteiger partial charge in [0.25, 0.3) is 0 Å². The van der Waals surface area contributed by atoms with E-state index in [1.807, 2.05) is 0 Å². The number of hydrogen-bond acceptors (Lipinski definition) is 4. The number of aliphatic hydroxyl groups excluding tert-OH is 2.